The van der Waals surface area contributed by atoms with Gasteiger partial charge in [-0.1, -0.05) is 47.0 Å². The molecule has 94 valence electrons. The van der Waals surface area contributed by atoms with Gasteiger partial charge in [-0.15, -0.1) is 0 Å². The van der Waals surface area contributed by atoms with E-state index >= 15 is 0 Å². The van der Waals surface area contributed by atoms with Gasteiger partial charge in [0, 0.05) is 6.20 Å². The van der Waals surface area contributed by atoms with E-state index < -0.39 is 0 Å². The summed E-state index contributed by atoms with van der Waals surface area (Å²) in [5.41, 5.74) is 7.37. The third-order valence-corrected chi connectivity index (χ3v) is 3.05. The molecule has 2 aromatic rings. The summed E-state index contributed by atoms with van der Waals surface area (Å²) in [5, 5.41) is 0.481. The minimum Gasteiger partial charge on any atom is -0.271 e. The highest BCUT2D eigenvalue weighted by atomic mass is 35.5. The van der Waals surface area contributed by atoms with Crippen molar-refractivity contribution in [2.24, 2.45) is 5.84 Å². The highest BCUT2D eigenvalue weighted by molar-refractivity contribution is 6.29. The van der Waals surface area contributed by atoms with Gasteiger partial charge in [-0.25, -0.2) is 10.4 Å². The van der Waals surface area contributed by atoms with Gasteiger partial charge in [0.05, 0.1) is 6.04 Å². The van der Waals surface area contributed by atoms with E-state index in [1.54, 1.807) is 12.3 Å². The average molecular weight is 262 g/mol. The number of aromatic nitrogens is 1. The second kappa shape index (κ2) is 5.48. The van der Waals surface area contributed by atoms with Gasteiger partial charge in [0.15, 0.2) is 0 Å². The molecule has 0 amide bonds. The summed E-state index contributed by atoms with van der Waals surface area (Å²) >= 11 is 5.79. The van der Waals surface area contributed by atoms with Gasteiger partial charge in [0.1, 0.15) is 5.15 Å². The summed E-state index contributed by atoms with van der Waals surface area (Å²) in [6.45, 7) is 4.15. The quantitative estimate of drug-likeness (QED) is 0.507. The number of halogens is 1. The Morgan fingerprint density at radius 3 is 2.28 bits per heavy atom. The van der Waals surface area contributed by atoms with Crippen LogP contribution in [-0.2, 0) is 0 Å². The van der Waals surface area contributed by atoms with Crippen molar-refractivity contribution in [1.29, 1.82) is 0 Å². The van der Waals surface area contributed by atoms with Gasteiger partial charge in [-0.05, 0) is 31.0 Å². The first-order valence-corrected chi connectivity index (χ1v) is 6.13. The molecule has 3 nitrogen and oxygen atoms in total. The van der Waals surface area contributed by atoms with Crippen molar-refractivity contribution in [2.45, 2.75) is 19.9 Å². The Balaban J connectivity index is 2.41. The molecule has 0 spiro atoms. The van der Waals surface area contributed by atoms with Gasteiger partial charge in [-0.3, -0.25) is 5.84 Å². The molecule has 1 heterocycles. The largest absolute Gasteiger partial charge is 0.271 e. The van der Waals surface area contributed by atoms with Gasteiger partial charge >= 0.3 is 0 Å². The molecule has 3 N–H and O–H groups in total. The molecular weight excluding hydrogens is 246 g/mol. The van der Waals surface area contributed by atoms with Crippen molar-refractivity contribution < 1.29 is 0 Å². The van der Waals surface area contributed by atoms with E-state index in [2.05, 4.69) is 42.5 Å². The smallest absolute Gasteiger partial charge is 0.129 e. The summed E-state index contributed by atoms with van der Waals surface area (Å²) in [4.78, 5) is 4.09. The SMILES string of the molecule is Cc1cc(C)cc(C(NN)c2ccc(Cl)nc2)c1. The number of benzene rings is 1. The zero-order chi connectivity index (χ0) is 13.1. The Hall–Kier alpha value is -1.42. The summed E-state index contributed by atoms with van der Waals surface area (Å²) in [5.74, 6) is 5.66. The van der Waals surface area contributed by atoms with Crippen LogP contribution in [0.15, 0.2) is 36.5 Å². The number of nitrogens with zero attached hydrogens (tertiary/aromatic N) is 1. The van der Waals surface area contributed by atoms with Crippen molar-refractivity contribution in [3.63, 3.8) is 0 Å². The molecule has 0 saturated heterocycles. The van der Waals surface area contributed by atoms with Crippen LogP contribution in [0.2, 0.25) is 5.15 Å². The number of hydrazine groups is 1. The number of aryl methyl sites for hydroxylation is 2. The number of hydrogen-bond donors (Lipinski definition) is 2. The van der Waals surface area contributed by atoms with E-state index in [9.17, 15) is 0 Å². The molecule has 0 radical (unpaired) electrons. The minimum atomic E-state index is -0.0756. The lowest BCUT2D eigenvalue weighted by molar-refractivity contribution is 0.634. The van der Waals surface area contributed by atoms with Crippen LogP contribution in [-0.4, -0.2) is 4.98 Å². The highest BCUT2D eigenvalue weighted by Crippen LogP contribution is 2.23. The molecule has 2 rings (SSSR count). The van der Waals surface area contributed by atoms with Crippen molar-refractivity contribution >= 4 is 11.6 Å². The van der Waals surface area contributed by atoms with Gasteiger partial charge in [-0.2, -0.15) is 0 Å². The van der Waals surface area contributed by atoms with Crippen molar-refractivity contribution in [2.75, 3.05) is 0 Å². The van der Waals surface area contributed by atoms with E-state index in [-0.39, 0.29) is 6.04 Å². The van der Waals surface area contributed by atoms with E-state index in [0.717, 1.165) is 11.1 Å². The zero-order valence-corrected chi connectivity index (χ0v) is 11.2. The van der Waals surface area contributed by atoms with Crippen molar-refractivity contribution in [3.05, 3.63) is 63.9 Å². The van der Waals surface area contributed by atoms with Crippen molar-refractivity contribution in [1.82, 2.24) is 10.4 Å². The van der Waals surface area contributed by atoms with E-state index in [1.165, 1.54) is 11.1 Å². The predicted molar refractivity (Wildman–Crippen MR) is 74.3 cm³/mol. The molecule has 0 aliphatic rings. The second-order valence-electron chi connectivity index (χ2n) is 4.43. The highest BCUT2D eigenvalue weighted by Gasteiger charge is 2.13. The zero-order valence-electron chi connectivity index (χ0n) is 10.4. The molecule has 0 fully saturated rings. The van der Waals surface area contributed by atoms with E-state index in [0.29, 0.717) is 5.15 Å². The molecule has 0 aliphatic heterocycles. The predicted octanol–water partition coefficient (Wildman–Crippen LogP) is 2.90. The Morgan fingerprint density at radius 2 is 1.78 bits per heavy atom. The molecule has 18 heavy (non-hydrogen) atoms. The number of pyridine rings is 1. The van der Waals surface area contributed by atoms with Gasteiger partial charge in [0.25, 0.3) is 0 Å². The van der Waals surface area contributed by atoms with Crippen LogP contribution in [0.25, 0.3) is 0 Å². The van der Waals surface area contributed by atoms with Crippen LogP contribution in [0, 0.1) is 13.8 Å². The maximum atomic E-state index is 5.79. The Labute approximate surface area is 112 Å². The van der Waals surface area contributed by atoms with Crippen LogP contribution < -0.4 is 11.3 Å². The average Bonchev–Trinajstić information content (AvgIpc) is 2.31. The number of rotatable bonds is 3. The molecule has 1 aromatic heterocycles. The van der Waals surface area contributed by atoms with Crippen molar-refractivity contribution in [3.8, 4) is 0 Å². The normalized spacial score (nSPS) is 12.4. The molecular formula is C14H16ClN3. The fourth-order valence-electron chi connectivity index (χ4n) is 2.12. The Morgan fingerprint density at radius 1 is 1.11 bits per heavy atom. The summed E-state index contributed by atoms with van der Waals surface area (Å²) in [6.07, 6.45) is 1.74. The lowest BCUT2D eigenvalue weighted by atomic mass is 9.97. The first-order chi connectivity index (χ1) is 8.60. The fourth-order valence-corrected chi connectivity index (χ4v) is 2.23. The van der Waals surface area contributed by atoms with Gasteiger partial charge in [0.2, 0.25) is 0 Å². The van der Waals surface area contributed by atoms with Crippen LogP contribution in [0.1, 0.15) is 28.3 Å². The number of nitrogens with two attached hydrogens (primary N) is 1. The summed E-state index contributed by atoms with van der Waals surface area (Å²) in [6, 6.07) is 9.99. The molecule has 1 aromatic carbocycles. The lowest BCUT2D eigenvalue weighted by Gasteiger charge is -2.17. The van der Waals surface area contributed by atoms with E-state index in [4.69, 9.17) is 17.4 Å². The standard InChI is InChI=1S/C14H16ClN3/c1-9-5-10(2)7-12(6-9)14(18-16)11-3-4-13(15)17-8-11/h3-8,14,18H,16H2,1-2H3. The maximum absolute atomic E-state index is 5.79. The van der Waals surface area contributed by atoms with Crippen LogP contribution in [0.3, 0.4) is 0 Å². The maximum Gasteiger partial charge on any atom is 0.129 e. The Kier molecular flexibility index (Phi) is 3.97. The first-order valence-electron chi connectivity index (χ1n) is 5.76. The molecule has 0 saturated carbocycles. The number of nitrogens with one attached hydrogen (secondary N) is 1. The van der Waals surface area contributed by atoms with E-state index in [1.807, 2.05) is 6.07 Å². The summed E-state index contributed by atoms with van der Waals surface area (Å²) < 4.78 is 0. The van der Waals surface area contributed by atoms with Crippen LogP contribution in [0.4, 0.5) is 0 Å². The van der Waals surface area contributed by atoms with Crippen LogP contribution >= 0.6 is 11.6 Å². The molecule has 1 atom stereocenters. The number of hydrogen-bond acceptors (Lipinski definition) is 3. The fraction of sp³-hybridized carbons (Fsp3) is 0.214. The topological polar surface area (TPSA) is 50.9 Å². The minimum absolute atomic E-state index is 0.0756. The lowest BCUT2D eigenvalue weighted by Crippen LogP contribution is -2.29. The van der Waals surface area contributed by atoms with Gasteiger partial charge < -0.3 is 0 Å². The summed E-state index contributed by atoms with van der Waals surface area (Å²) in [7, 11) is 0. The van der Waals surface area contributed by atoms with Crippen LogP contribution in [0.5, 0.6) is 0 Å². The molecule has 4 heteroatoms. The molecule has 0 aliphatic carbocycles. The third kappa shape index (κ3) is 2.88. The molecule has 0 bridgehead atoms. The first kappa shape index (κ1) is 13.0. The molecule has 1 unspecified atom stereocenters. The second-order valence-corrected chi connectivity index (χ2v) is 4.82. The third-order valence-electron chi connectivity index (χ3n) is 2.83. The monoisotopic (exact) mass is 261 g/mol. The Bertz CT molecular complexity index is 517.